The minimum atomic E-state index is -2.66. The van der Waals surface area contributed by atoms with Crippen LogP contribution in [0.2, 0.25) is 134 Å². The van der Waals surface area contributed by atoms with E-state index in [0.717, 1.165) is 36.3 Å². The van der Waals surface area contributed by atoms with Crippen LogP contribution in [-0.4, -0.2) is 82.1 Å². The van der Waals surface area contributed by atoms with Gasteiger partial charge in [0.05, 0.1) is 0 Å². The van der Waals surface area contributed by atoms with E-state index in [1.807, 2.05) is 0 Å². The largest absolute Gasteiger partial charge is 0.467 e. The van der Waals surface area contributed by atoms with E-state index in [1.165, 1.54) is 0 Å². The van der Waals surface area contributed by atoms with Gasteiger partial charge in [-0.3, -0.25) is 0 Å². The van der Waals surface area contributed by atoms with Crippen LogP contribution in [0.15, 0.2) is 0 Å². The summed E-state index contributed by atoms with van der Waals surface area (Å²) in [4.78, 5) is 9.58. The monoisotopic (exact) mass is 863 g/mol. The van der Waals surface area contributed by atoms with Gasteiger partial charge in [-0.15, -0.1) is 0 Å². The van der Waals surface area contributed by atoms with Gasteiger partial charge in [-0.2, -0.15) is 0 Å². The first-order chi connectivity index (χ1) is 19.0. The lowest BCUT2D eigenvalue weighted by Crippen LogP contribution is -2.59. The highest BCUT2D eigenvalue weighted by molar-refractivity contribution is 6.89. The highest BCUT2D eigenvalue weighted by Gasteiger charge is 2.47. The second kappa shape index (κ2) is 30.9. The van der Waals surface area contributed by atoms with Crippen molar-refractivity contribution in [3.8, 4) is 0 Å². The fraction of sp³-hybridized carbons (Fsp3) is 1.00. The number of rotatable bonds is 18. The maximum atomic E-state index is 9.58. The molecule has 2 unspecified atom stereocenters. The summed E-state index contributed by atoms with van der Waals surface area (Å²) >= 11 is 0. The molecule has 0 aliphatic rings. The van der Waals surface area contributed by atoms with Gasteiger partial charge in [0.2, 0.25) is 0 Å². The van der Waals surface area contributed by atoms with Crippen LogP contribution in [0, 0.1) is 0 Å². The topological polar surface area (TPSA) is 75.6 Å². The molecule has 0 aliphatic carbocycles. The number of hydrogen-bond acceptors (Lipinski definition) is 7. The van der Waals surface area contributed by atoms with Crippen LogP contribution >= 0.6 is 0 Å². The molecule has 7 nitrogen and oxygen atoms in total. The molecule has 49 heavy (non-hydrogen) atoms. The lowest BCUT2D eigenvalue weighted by Gasteiger charge is -2.42. The summed E-state index contributed by atoms with van der Waals surface area (Å²) in [6.07, 6.45) is 0. The molecular formula is C33H102O7Si9. The third-order valence-corrected chi connectivity index (χ3v) is 37.2. The van der Waals surface area contributed by atoms with Gasteiger partial charge in [-0.25, -0.2) is 0 Å². The fourth-order valence-corrected chi connectivity index (χ4v) is 34.3. The molecule has 0 aromatic heterocycles. The summed E-state index contributed by atoms with van der Waals surface area (Å²) in [5.74, 6) is 0. The molecule has 0 fully saturated rings. The van der Waals surface area contributed by atoms with E-state index in [1.54, 1.807) is 0 Å². The zero-order chi connectivity index (χ0) is 35.1. The van der Waals surface area contributed by atoms with Crippen molar-refractivity contribution in [2.75, 3.05) is 0 Å². The summed E-state index contributed by atoms with van der Waals surface area (Å²) in [6, 6.07) is 6.39. The van der Waals surface area contributed by atoms with E-state index >= 15 is 0 Å². The SMILES string of the molecule is C.C.C.C.C.C.CC[Si](CC)(CC)O[Si](C)(O[SiH](C)O[Si](C)(C)C)O[Si](C)(C)C.CC[Si](O)(CC)CC.C[SiH](O[Si](C)(C)C)O[Si](C)(C)C. The Hall–Kier alpha value is 1.67. The van der Waals surface area contributed by atoms with Gasteiger partial charge in [-0.05, 0) is 128 Å². The van der Waals surface area contributed by atoms with Gasteiger partial charge >= 0.3 is 18.1 Å². The zero-order valence-corrected chi connectivity index (χ0v) is 42.1. The average molecular weight is 864 g/mol. The van der Waals surface area contributed by atoms with E-state index in [9.17, 15) is 4.80 Å². The van der Waals surface area contributed by atoms with Crippen LogP contribution < -0.4 is 0 Å². The van der Waals surface area contributed by atoms with Crippen LogP contribution in [-0.2, 0) is 24.7 Å². The standard InChI is InChI=1S/C14H40O4Si5.C7H22O2Si3.C6H16OSi.6CH4/c1-12-23(13-2,14-3)18-22(11,17-21(8,9)10)16-19(4)15-20(5,6)7;1-10(8-11(2,3)4)9-12(5,6)7;1-4-8(7,5-2)6-3;;;;;;/h19H,12-14H2,1-11H3;10H,1-7H3;7H,4-6H2,1-3H3;6*1H4. The Balaban J connectivity index is -0.0000000751. The first-order valence-electron chi connectivity index (χ1n) is 16.8. The average Bonchev–Trinajstić information content (AvgIpc) is 2.78. The molecule has 0 bridgehead atoms. The smallest absolute Gasteiger partial charge is 0.439 e. The summed E-state index contributed by atoms with van der Waals surface area (Å²) in [6.45, 7) is 45.9. The van der Waals surface area contributed by atoms with Gasteiger partial charge in [-0.1, -0.05) is 86.1 Å². The molecule has 0 saturated heterocycles. The van der Waals surface area contributed by atoms with Crippen molar-refractivity contribution in [2.24, 2.45) is 0 Å². The van der Waals surface area contributed by atoms with Crippen molar-refractivity contribution in [2.45, 2.75) is 221 Å². The van der Waals surface area contributed by atoms with E-state index in [0.29, 0.717) is 0 Å². The van der Waals surface area contributed by atoms with Crippen molar-refractivity contribution in [3.63, 3.8) is 0 Å². The van der Waals surface area contributed by atoms with Crippen LogP contribution in [0.5, 0.6) is 0 Å². The van der Waals surface area contributed by atoms with Crippen LogP contribution in [0.25, 0.3) is 0 Å². The van der Waals surface area contributed by atoms with Crippen molar-refractivity contribution in [1.82, 2.24) is 0 Å². The molecule has 0 aromatic rings. The Morgan fingerprint density at radius 1 is 0.388 bits per heavy atom. The third-order valence-electron chi connectivity index (χ3n) is 6.74. The minimum absolute atomic E-state index is 0. The third kappa shape index (κ3) is 42.3. The van der Waals surface area contributed by atoms with E-state index in [4.69, 9.17) is 24.7 Å². The Bertz CT molecular complexity index is 687. The zero-order valence-electron chi connectivity index (χ0n) is 32.8. The molecule has 1 N–H and O–H groups in total. The van der Waals surface area contributed by atoms with Crippen LogP contribution in [0.4, 0.5) is 0 Å². The Kier molecular flexibility index (Phi) is 45.5. The quantitative estimate of drug-likeness (QED) is 0.138. The van der Waals surface area contributed by atoms with Crippen LogP contribution in [0.1, 0.15) is 86.1 Å². The van der Waals surface area contributed by atoms with E-state index in [2.05, 4.69) is 140 Å². The second-order valence-electron chi connectivity index (χ2n) is 15.7. The Labute approximate surface area is 325 Å². The first kappa shape index (κ1) is 72.0. The molecule has 0 radical (unpaired) electrons. The predicted molar refractivity (Wildman–Crippen MR) is 255 cm³/mol. The molecule has 0 amide bonds. The molecule has 0 spiro atoms. The molecule has 0 heterocycles. The van der Waals surface area contributed by atoms with E-state index in [-0.39, 0.29) is 44.6 Å². The van der Waals surface area contributed by atoms with E-state index < -0.39 is 77.3 Å². The van der Waals surface area contributed by atoms with Gasteiger partial charge in [0.15, 0.2) is 49.9 Å². The number of hydrogen-bond donors (Lipinski definition) is 1. The minimum Gasteiger partial charge on any atom is -0.439 e. The van der Waals surface area contributed by atoms with Crippen molar-refractivity contribution >= 4 is 77.3 Å². The molecule has 2 atom stereocenters. The molecule has 0 aliphatic heterocycles. The molecular weight excluding hydrogens is 761 g/mol. The maximum Gasteiger partial charge on any atom is 0.467 e. The lowest BCUT2D eigenvalue weighted by molar-refractivity contribution is 0.243. The van der Waals surface area contributed by atoms with Gasteiger partial charge in [0.25, 0.3) is 9.28 Å². The van der Waals surface area contributed by atoms with Crippen molar-refractivity contribution in [1.29, 1.82) is 0 Å². The molecule has 0 saturated carbocycles. The predicted octanol–water partition coefficient (Wildman–Crippen LogP) is 13.5. The molecule has 312 valence electrons. The molecule has 0 rings (SSSR count). The van der Waals surface area contributed by atoms with Gasteiger partial charge in [0, 0.05) is 6.55 Å². The second-order valence-corrected chi connectivity index (χ2v) is 51.0. The molecule has 0 aromatic carbocycles. The summed E-state index contributed by atoms with van der Waals surface area (Å²) < 4.78 is 37.8. The summed E-state index contributed by atoms with van der Waals surface area (Å²) in [5, 5.41) is 0. The summed E-state index contributed by atoms with van der Waals surface area (Å²) in [7, 11) is -15.2. The first-order valence-corrected chi connectivity index (χ1v) is 42.0. The van der Waals surface area contributed by atoms with Gasteiger partial charge in [0.1, 0.15) is 0 Å². The lowest BCUT2D eigenvalue weighted by atomic mass is 10.9. The van der Waals surface area contributed by atoms with Crippen molar-refractivity contribution < 1.29 is 29.5 Å². The highest BCUT2D eigenvalue weighted by Crippen LogP contribution is 2.30. The Morgan fingerprint density at radius 2 is 0.633 bits per heavy atom. The maximum absolute atomic E-state index is 9.58. The van der Waals surface area contributed by atoms with Gasteiger partial charge < -0.3 is 29.5 Å². The highest BCUT2D eigenvalue weighted by atomic mass is 28.5. The molecule has 16 heteroatoms. The normalized spacial score (nSPS) is 13.8. The van der Waals surface area contributed by atoms with Crippen LogP contribution in [0.3, 0.4) is 0 Å². The Morgan fingerprint density at radius 3 is 0.796 bits per heavy atom. The van der Waals surface area contributed by atoms with Crippen molar-refractivity contribution in [3.05, 3.63) is 0 Å². The summed E-state index contributed by atoms with van der Waals surface area (Å²) in [5.41, 5.74) is 0. The fourth-order valence-electron chi connectivity index (χ4n) is 4.58.